The molecule has 0 aliphatic rings. The largest absolute Gasteiger partial charge is 0.351 e. The number of para-hydroxylation sites is 1. The van der Waals surface area contributed by atoms with E-state index in [9.17, 15) is 4.79 Å². The van der Waals surface area contributed by atoms with Crippen molar-refractivity contribution in [3.8, 4) is 22.9 Å². The second kappa shape index (κ2) is 10.3. The molecule has 9 nitrogen and oxygen atoms in total. The Morgan fingerprint density at radius 2 is 1.72 bits per heavy atom. The van der Waals surface area contributed by atoms with Crippen molar-refractivity contribution >= 4 is 34.8 Å². The van der Waals surface area contributed by atoms with Crippen molar-refractivity contribution < 1.29 is 0 Å². The third-order valence-electron chi connectivity index (χ3n) is 5.79. The molecular weight excluding hydrogens is 523 g/mol. The highest BCUT2D eigenvalue weighted by atomic mass is 35.5. The van der Waals surface area contributed by atoms with E-state index in [0.29, 0.717) is 51.2 Å². The molecule has 2 aromatic carbocycles. The Balaban J connectivity index is 1.50. The highest BCUT2D eigenvalue weighted by Crippen LogP contribution is 2.28. The van der Waals surface area contributed by atoms with Gasteiger partial charge in [0.05, 0.1) is 22.3 Å². The molecule has 0 saturated carbocycles. The van der Waals surface area contributed by atoms with Gasteiger partial charge >= 0.3 is 5.69 Å². The van der Waals surface area contributed by atoms with Gasteiger partial charge in [-0.05, 0) is 53.6 Å². The summed E-state index contributed by atoms with van der Waals surface area (Å²) < 4.78 is 4.78. The number of hydrogen-bond acceptors (Lipinski definition) is 5. The minimum absolute atomic E-state index is 0.298. The fraction of sp³-hybridized carbons (Fsp3) is 0.208. The van der Waals surface area contributed by atoms with Crippen LogP contribution in [0.5, 0.6) is 0 Å². The number of aromatic nitrogens is 8. The van der Waals surface area contributed by atoms with Gasteiger partial charge in [0, 0.05) is 12.1 Å². The molecule has 0 radical (unpaired) electrons. The fourth-order valence-electron chi connectivity index (χ4n) is 4.00. The van der Waals surface area contributed by atoms with Crippen LogP contribution in [-0.2, 0) is 13.0 Å². The maximum atomic E-state index is 13.4. The molecule has 0 amide bonds. The lowest BCUT2D eigenvalue weighted by Gasteiger charge is -2.10. The number of aryl methyl sites for hydroxylation is 1. The van der Waals surface area contributed by atoms with Gasteiger partial charge in [0.1, 0.15) is 16.7 Å². The summed E-state index contributed by atoms with van der Waals surface area (Å²) >= 11 is 19.2. The number of halogens is 3. The normalized spacial score (nSPS) is 11.3. The first-order valence-electron chi connectivity index (χ1n) is 11.3. The molecule has 0 saturated heterocycles. The minimum Gasteiger partial charge on any atom is -0.297 e. The Morgan fingerprint density at radius 1 is 0.972 bits per heavy atom. The fourth-order valence-corrected chi connectivity index (χ4v) is 4.81. The van der Waals surface area contributed by atoms with Crippen molar-refractivity contribution in [2.75, 3.05) is 0 Å². The highest BCUT2D eigenvalue weighted by molar-refractivity contribution is 6.37. The molecule has 0 fully saturated rings. The molecule has 5 rings (SSSR count). The first-order valence-corrected chi connectivity index (χ1v) is 12.4. The van der Waals surface area contributed by atoms with Crippen LogP contribution in [0.25, 0.3) is 22.9 Å². The molecule has 3 heterocycles. The van der Waals surface area contributed by atoms with Crippen LogP contribution in [0.2, 0.25) is 15.2 Å². The molecule has 0 atom stereocenters. The monoisotopic (exact) mass is 542 g/mol. The molecule has 0 spiro atoms. The van der Waals surface area contributed by atoms with Gasteiger partial charge in [-0.1, -0.05) is 66.3 Å². The van der Waals surface area contributed by atoms with Crippen LogP contribution < -0.4 is 5.69 Å². The van der Waals surface area contributed by atoms with E-state index in [1.807, 2.05) is 34.9 Å². The van der Waals surface area contributed by atoms with E-state index < -0.39 is 0 Å². The summed E-state index contributed by atoms with van der Waals surface area (Å²) in [6.07, 6.45) is 2.53. The molecule has 0 aliphatic carbocycles. The van der Waals surface area contributed by atoms with Gasteiger partial charge in [-0.15, -0.1) is 15.3 Å². The second-order valence-corrected chi connectivity index (χ2v) is 9.35. The van der Waals surface area contributed by atoms with E-state index in [0.717, 1.165) is 24.1 Å². The molecule has 3 aromatic heterocycles. The predicted octanol–water partition coefficient (Wildman–Crippen LogP) is 5.36. The Hall–Kier alpha value is -3.40. The van der Waals surface area contributed by atoms with E-state index in [1.165, 1.54) is 4.68 Å². The van der Waals surface area contributed by atoms with Crippen LogP contribution >= 0.6 is 34.8 Å². The smallest absolute Gasteiger partial charge is 0.297 e. The summed E-state index contributed by atoms with van der Waals surface area (Å²) in [7, 11) is 0. The van der Waals surface area contributed by atoms with Crippen molar-refractivity contribution in [2.45, 2.75) is 32.7 Å². The quantitative estimate of drug-likeness (QED) is 0.284. The van der Waals surface area contributed by atoms with Gasteiger partial charge in [-0.3, -0.25) is 9.13 Å². The Kier molecular flexibility index (Phi) is 6.95. The van der Waals surface area contributed by atoms with Crippen LogP contribution in [-0.4, -0.2) is 39.5 Å². The molecule has 5 aromatic rings. The van der Waals surface area contributed by atoms with Crippen molar-refractivity contribution in [1.82, 2.24) is 39.5 Å². The first kappa shape index (κ1) is 24.3. The van der Waals surface area contributed by atoms with Gasteiger partial charge < -0.3 is 0 Å². The minimum atomic E-state index is -0.298. The van der Waals surface area contributed by atoms with Crippen molar-refractivity contribution in [3.63, 3.8) is 0 Å². The molecule has 12 heteroatoms. The lowest BCUT2D eigenvalue weighted by atomic mass is 10.2. The van der Waals surface area contributed by atoms with Gasteiger partial charge in [0.2, 0.25) is 5.82 Å². The summed E-state index contributed by atoms with van der Waals surface area (Å²) in [5.74, 6) is 1.11. The molecule has 0 unspecified atom stereocenters. The zero-order chi connectivity index (χ0) is 25.2. The van der Waals surface area contributed by atoms with Gasteiger partial charge in [-0.25, -0.2) is 4.79 Å². The molecular formula is C24H21Cl3N8O. The maximum Gasteiger partial charge on any atom is 0.351 e. The van der Waals surface area contributed by atoms with Crippen molar-refractivity contribution in [3.05, 3.63) is 91.7 Å². The lowest BCUT2D eigenvalue weighted by molar-refractivity contribution is 0.666. The predicted molar refractivity (Wildman–Crippen MR) is 140 cm³/mol. The number of nitrogens with one attached hydrogen (secondary N) is 1. The van der Waals surface area contributed by atoms with E-state index in [-0.39, 0.29) is 5.69 Å². The number of hydrogen-bond donors (Lipinski definition) is 1. The molecule has 1 N–H and O–H groups in total. The highest BCUT2D eigenvalue weighted by Gasteiger charge is 2.19. The second-order valence-electron chi connectivity index (χ2n) is 8.15. The van der Waals surface area contributed by atoms with Crippen LogP contribution in [0.3, 0.4) is 0 Å². The number of unbranched alkanes of at least 4 members (excludes halogenated alkanes) is 1. The van der Waals surface area contributed by atoms with E-state index >= 15 is 0 Å². The summed E-state index contributed by atoms with van der Waals surface area (Å²) in [4.78, 5) is 13.4. The Bertz CT molecular complexity index is 1530. The topological polar surface area (TPSA) is 99.2 Å². The number of aromatic amines is 1. The maximum absolute atomic E-state index is 13.4. The molecule has 184 valence electrons. The standard InChI is InChI=1S/C24H21Cl3N8O/c1-2-3-7-21-30-35(22-17(25)5-4-6-18(22)26)24(36)33(21)14-15-8-10-16(11-9-15)34-19(12-13-20(34)27)23-28-31-32-29-23/h4-6,8-13H,2-3,7,14H2,1H3,(H,28,29,31,32). The van der Waals surface area contributed by atoms with Gasteiger partial charge in [0.15, 0.2) is 0 Å². The summed E-state index contributed by atoms with van der Waals surface area (Å²) in [6, 6.07) is 16.5. The van der Waals surface area contributed by atoms with E-state index in [2.05, 4.69) is 32.6 Å². The van der Waals surface area contributed by atoms with Crippen molar-refractivity contribution in [2.24, 2.45) is 0 Å². The summed E-state index contributed by atoms with van der Waals surface area (Å²) in [6.45, 7) is 2.44. The van der Waals surface area contributed by atoms with Crippen LogP contribution in [0.1, 0.15) is 31.2 Å². The SMILES string of the molecule is CCCCc1nn(-c2c(Cl)cccc2Cl)c(=O)n1Cc1ccc(-n2c(Cl)ccc2-c2nn[nH]n2)cc1. The Morgan fingerprint density at radius 3 is 2.39 bits per heavy atom. The van der Waals surface area contributed by atoms with E-state index in [4.69, 9.17) is 34.8 Å². The zero-order valence-corrected chi connectivity index (χ0v) is 21.5. The van der Waals surface area contributed by atoms with Crippen molar-refractivity contribution in [1.29, 1.82) is 0 Å². The third kappa shape index (κ3) is 4.57. The van der Waals surface area contributed by atoms with Gasteiger partial charge in [-0.2, -0.15) is 9.90 Å². The molecule has 36 heavy (non-hydrogen) atoms. The number of benzene rings is 2. The number of H-pyrrole nitrogens is 1. The number of nitrogens with zero attached hydrogens (tertiary/aromatic N) is 7. The Labute approximate surface area is 221 Å². The number of rotatable bonds is 8. The summed E-state index contributed by atoms with van der Waals surface area (Å²) in [5, 5.41) is 20.0. The van der Waals surface area contributed by atoms with Crippen LogP contribution in [0.15, 0.2) is 59.4 Å². The number of tetrazole rings is 1. The van der Waals surface area contributed by atoms with Crippen LogP contribution in [0.4, 0.5) is 0 Å². The van der Waals surface area contributed by atoms with Gasteiger partial charge in [0.25, 0.3) is 0 Å². The summed E-state index contributed by atoms with van der Waals surface area (Å²) in [5.41, 5.74) is 2.54. The first-order chi connectivity index (χ1) is 17.5. The average Bonchev–Trinajstić information content (AvgIpc) is 3.60. The zero-order valence-electron chi connectivity index (χ0n) is 19.2. The van der Waals surface area contributed by atoms with E-state index in [1.54, 1.807) is 28.8 Å². The lowest BCUT2D eigenvalue weighted by Crippen LogP contribution is -2.25. The van der Waals surface area contributed by atoms with Crippen LogP contribution in [0, 0.1) is 0 Å². The third-order valence-corrected chi connectivity index (χ3v) is 6.69. The average molecular weight is 544 g/mol. The molecule has 0 bridgehead atoms. The molecule has 0 aliphatic heterocycles.